The molecule has 10 nitrogen and oxygen atoms in total. The second-order valence-electron chi connectivity index (χ2n) is 6.70. The van der Waals surface area contributed by atoms with Crippen molar-refractivity contribution in [3.8, 4) is 11.5 Å². The summed E-state index contributed by atoms with van der Waals surface area (Å²) in [7, 11) is 0.750. The number of amides is 1. The minimum absolute atomic E-state index is 0.168. The Hall–Kier alpha value is -2.44. The van der Waals surface area contributed by atoms with Gasteiger partial charge < -0.3 is 18.8 Å². The predicted molar refractivity (Wildman–Crippen MR) is 110 cm³/mol. The second kappa shape index (κ2) is 8.74. The molecule has 0 aliphatic carbocycles. The average molecular weight is 458 g/mol. The van der Waals surface area contributed by atoms with Crippen LogP contribution in [0.15, 0.2) is 17.1 Å². The fourth-order valence-corrected chi connectivity index (χ4v) is 5.54. The van der Waals surface area contributed by atoms with Gasteiger partial charge in [-0.15, -0.1) is 0 Å². The maximum atomic E-state index is 12.9. The zero-order valence-electron chi connectivity index (χ0n) is 17.1. The normalized spacial score (nSPS) is 18.0. The number of rotatable bonds is 6. The van der Waals surface area contributed by atoms with Crippen molar-refractivity contribution in [1.29, 1.82) is 0 Å². The third-order valence-electron chi connectivity index (χ3n) is 4.82. The molecule has 1 aromatic heterocycles. The summed E-state index contributed by atoms with van der Waals surface area (Å²) in [6.45, 7) is 0.117. The van der Waals surface area contributed by atoms with E-state index in [-0.39, 0.29) is 17.9 Å². The van der Waals surface area contributed by atoms with Crippen molar-refractivity contribution >= 4 is 43.5 Å². The SMILES string of the molecule is COC(=O)Cn1c(=NC(=O)C2CCCN2S(C)(=O)=O)sc2cc(OC)c(OC)cc21. The van der Waals surface area contributed by atoms with Gasteiger partial charge in [-0.2, -0.15) is 9.30 Å². The first-order valence-electron chi connectivity index (χ1n) is 9.07. The average Bonchev–Trinajstić information content (AvgIpc) is 3.32. The van der Waals surface area contributed by atoms with E-state index in [2.05, 4.69) is 4.99 Å². The maximum absolute atomic E-state index is 12.9. The summed E-state index contributed by atoms with van der Waals surface area (Å²) >= 11 is 1.19. The van der Waals surface area contributed by atoms with Gasteiger partial charge in [0.05, 0.1) is 37.8 Å². The van der Waals surface area contributed by atoms with Crippen LogP contribution in [0.1, 0.15) is 12.8 Å². The van der Waals surface area contributed by atoms with Gasteiger partial charge in [-0.3, -0.25) is 9.59 Å². The zero-order chi connectivity index (χ0) is 22.1. The Bertz CT molecular complexity index is 1150. The number of sulfonamides is 1. The van der Waals surface area contributed by atoms with Crippen molar-refractivity contribution < 1.29 is 32.2 Å². The van der Waals surface area contributed by atoms with Crippen molar-refractivity contribution in [2.75, 3.05) is 34.1 Å². The number of aromatic nitrogens is 1. The third kappa shape index (κ3) is 4.35. The van der Waals surface area contributed by atoms with E-state index in [1.807, 2.05) is 0 Å². The summed E-state index contributed by atoms with van der Waals surface area (Å²) in [6, 6.07) is 2.57. The van der Waals surface area contributed by atoms with Gasteiger partial charge in [0.25, 0.3) is 5.91 Å². The lowest BCUT2D eigenvalue weighted by atomic mass is 10.2. The predicted octanol–water partition coefficient (Wildman–Crippen LogP) is 0.744. The highest BCUT2D eigenvalue weighted by Gasteiger charge is 2.36. The van der Waals surface area contributed by atoms with E-state index in [1.165, 1.54) is 37.0 Å². The van der Waals surface area contributed by atoms with Gasteiger partial charge in [-0.1, -0.05) is 11.3 Å². The van der Waals surface area contributed by atoms with Crippen LogP contribution in [0.4, 0.5) is 0 Å². The summed E-state index contributed by atoms with van der Waals surface area (Å²) < 4.78 is 42.8. The van der Waals surface area contributed by atoms with E-state index >= 15 is 0 Å². The summed E-state index contributed by atoms with van der Waals surface area (Å²) in [5.74, 6) is -0.134. The number of benzene rings is 1. The molecule has 1 saturated heterocycles. The molecule has 0 spiro atoms. The fourth-order valence-electron chi connectivity index (χ4n) is 3.38. The topological polar surface area (TPSA) is 116 Å². The first-order valence-corrected chi connectivity index (χ1v) is 11.7. The molecule has 1 atom stereocenters. The Morgan fingerprint density at radius 1 is 1.20 bits per heavy atom. The Balaban J connectivity index is 2.14. The van der Waals surface area contributed by atoms with Gasteiger partial charge in [0.2, 0.25) is 10.0 Å². The van der Waals surface area contributed by atoms with E-state index in [9.17, 15) is 18.0 Å². The number of nitrogens with zero attached hydrogens (tertiary/aromatic N) is 3. The monoisotopic (exact) mass is 457 g/mol. The molecule has 1 unspecified atom stereocenters. The lowest BCUT2D eigenvalue weighted by Gasteiger charge is -2.18. The van der Waals surface area contributed by atoms with Crippen LogP contribution in [0.5, 0.6) is 11.5 Å². The van der Waals surface area contributed by atoms with E-state index in [0.29, 0.717) is 29.9 Å². The Morgan fingerprint density at radius 3 is 2.47 bits per heavy atom. The van der Waals surface area contributed by atoms with Crippen LogP contribution < -0.4 is 14.3 Å². The summed E-state index contributed by atoms with van der Waals surface area (Å²) in [4.78, 5) is 29.3. The number of methoxy groups -OCH3 is 3. The molecule has 2 heterocycles. The molecule has 0 N–H and O–H groups in total. The molecule has 3 rings (SSSR count). The lowest BCUT2D eigenvalue weighted by Crippen LogP contribution is -2.40. The number of esters is 1. The highest BCUT2D eigenvalue weighted by Crippen LogP contribution is 2.33. The molecule has 1 aromatic carbocycles. The zero-order valence-corrected chi connectivity index (χ0v) is 18.7. The number of carbonyl (C=O) groups is 2. The molecule has 1 aliphatic rings. The van der Waals surface area contributed by atoms with Crippen LogP contribution in [0.3, 0.4) is 0 Å². The van der Waals surface area contributed by atoms with Crippen LogP contribution in [0.2, 0.25) is 0 Å². The smallest absolute Gasteiger partial charge is 0.325 e. The molecule has 12 heteroatoms. The number of hydrogen-bond acceptors (Lipinski definition) is 8. The summed E-state index contributed by atoms with van der Waals surface area (Å²) in [6.07, 6.45) is 2.06. The van der Waals surface area contributed by atoms with E-state index in [1.54, 1.807) is 16.7 Å². The molecule has 1 fully saturated rings. The molecule has 2 aromatic rings. The largest absolute Gasteiger partial charge is 0.493 e. The van der Waals surface area contributed by atoms with Crippen LogP contribution in [0.25, 0.3) is 10.2 Å². The third-order valence-corrected chi connectivity index (χ3v) is 7.15. The van der Waals surface area contributed by atoms with Gasteiger partial charge in [-0.25, -0.2) is 8.42 Å². The van der Waals surface area contributed by atoms with E-state index in [0.717, 1.165) is 11.0 Å². The Kier molecular flexibility index (Phi) is 6.48. The minimum Gasteiger partial charge on any atom is -0.493 e. The second-order valence-corrected chi connectivity index (χ2v) is 9.65. The summed E-state index contributed by atoms with van der Waals surface area (Å²) in [5.41, 5.74) is 0.612. The number of ether oxygens (including phenoxy) is 3. The standard InChI is InChI=1S/C18H23N3O7S2/c1-26-13-8-12-15(9-14(13)27-2)29-18(20(12)10-16(22)28-3)19-17(23)11-6-5-7-21(11)30(4,24)25/h8-9,11H,5-7,10H2,1-4H3. The van der Waals surface area contributed by atoms with E-state index < -0.39 is 27.9 Å². The first-order chi connectivity index (χ1) is 14.2. The fraction of sp³-hybridized carbons (Fsp3) is 0.500. The Morgan fingerprint density at radius 2 is 1.87 bits per heavy atom. The molecular formula is C18H23N3O7S2. The van der Waals surface area contributed by atoms with E-state index in [4.69, 9.17) is 14.2 Å². The van der Waals surface area contributed by atoms with Gasteiger partial charge >= 0.3 is 5.97 Å². The van der Waals surface area contributed by atoms with Crippen molar-refractivity contribution in [3.63, 3.8) is 0 Å². The molecule has 30 heavy (non-hydrogen) atoms. The summed E-state index contributed by atoms with van der Waals surface area (Å²) in [5, 5.41) is 0. The van der Waals surface area contributed by atoms with Crippen LogP contribution in [0, 0.1) is 0 Å². The molecule has 0 radical (unpaired) electrons. The number of hydrogen-bond donors (Lipinski definition) is 0. The minimum atomic E-state index is -3.52. The molecule has 0 saturated carbocycles. The number of thiazole rings is 1. The first kappa shape index (κ1) is 22.2. The highest BCUT2D eigenvalue weighted by molar-refractivity contribution is 7.88. The molecule has 164 valence electrons. The lowest BCUT2D eigenvalue weighted by molar-refractivity contribution is -0.141. The number of carbonyl (C=O) groups excluding carboxylic acids is 2. The van der Waals surface area contributed by atoms with Crippen molar-refractivity contribution in [2.24, 2.45) is 4.99 Å². The maximum Gasteiger partial charge on any atom is 0.325 e. The number of fused-ring (bicyclic) bond motifs is 1. The van der Waals surface area contributed by atoms with Gasteiger partial charge in [-0.05, 0) is 12.8 Å². The Labute approximate surface area is 177 Å². The van der Waals surface area contributed by atoms with Crippen LogP contribution in [-0.2, 0) is 30.9 Å². The highest BCUT2D eigenvalue weighted by atomic mass is 32.2. The van der Waals surface area contributed by atoms with Crippen molar-refractivity contribution in [2.45, 2.75) is 25.4 Å². The van der Waals surface area contributed by atoms with Gasteiger partial charge in [0, 0.05) is 18.7 Å². The molecule has 0 bridgehead atoms. The van der Waals surface area contributed by atoms with Crippen LogP contribution in [-0.4, -0.2) is 69.3 Å². The van der Waals surface area contributed by atoms with Crippen molar-refractivity contribution in [1.82, 2.24) is 8.87 Å². The van der Waals surface area contributed by atoms with Gasteiger partial charge in [0.1, 0.15) is 12.6 Å². The molecule has 1 amide bonds. The van der Waals surface area contributed by atoms with Gasteiger partial charge in [0.15, 0.2) is 16.3 Å². The van der Waals surface area contributed by atoms with Crippen molar-refractivity contribution in [3.05, 3.63) is 16.9 Å². The molecular weight excluding hydrogens is 434 g/mol. The van der Waals surface area contributed by atoms with Crippen LogP contribution >= 0.6 is 11.3 Å². The quantitative estimate of drug-likeness (QED) is 0.588. The molecule has 1 aliphatic heterocycles.